The fourth-order valence-electron chi connectivity index (χ4n) is 5.04. The predicted octanol–water partition coefficient (Wildman–Crippen LogP) is 6.92. The highest BCUT2D eigenvalue weighted by Gasteiger charge is 2.28. The molecule has 0 atom stereocenters. The molecule has 3 heterocycles. The van der Waals surface area contributed by atoms with E-state index in [2.05, 4.69) is 69.7 Å². The quantitative estimate of drug-likeness (QED) is 0.248. The van der Waals surface area contributed by atoms with Gasteiger partial charge in [-0.2, -0.15) is 4.31 Å². The van der Waals surface area contributed by atoms with Gasteiger partial charge in [0.15, 0.2) is 0 Å². The van der Waals surface area contributed by atoms with Crippen molar-refractivity contribution in [1.29, 1.82) is 0 Å². The summed E-state index contributed by atoms with van der Waals surface area (Å²) in [6, 6.07) is 23.9. The third-order valence-corrected chi connectivity index (χ3v) is 9.06. The van der Waals surface area contributed by atoms with Crippen LogP contribution in [0.2, 0.25) is 0 Å². The molecule has 0 unspecified atom stereocenters. The fourth-order valence-corrected chi connectivity index (χ4v) is 6.76. The number of rotatable bonds is 2. The zero-order chi connectivity index (χ0) is 23.6. The largest absolute Gasteiger partial charge is 0.308 e. The van der Waals surface area contributed by atoms with Crippen LogP contribution in [-0.2, 0) is 16.6 Å². The lowest BCUT2D eigenvalue weighted by Crippen LogP contribution is -2.31. The number of para-hydroxylation sites is 1. The number of nitrogens with zero attached hydrogens (tertiary/aromatic N) is 2. The molecule has 6 rings (SSSR count). The predicted molar refractivity (Wildman–Crippen MR) is 143 cm³/mol. The number of hydrogen-bond donors (Lipinski definition) is 0. The van der Waals surface area contributed by atoms with Crippen LogP contribution in [0.25, 0.3) is 32.9 Å². The van der Waals surface area contributed by atoms with Crippen LogP contribution in [0.15, 0.2) is 88.2 Å². The molecule has 0 fully saturated rings. The van der Waals surface area contributed by atoms with Gasteiger partial charge in [0.2, 0.25) is 10.0 Å². The number of fused-ring (bicyclic) bond motifs is 5. The zero-order valence-electron chi connectivity index (χ0n) is 18.9. The summed E-state index contributed by atoms with van der Waals surface area (Å²) in [6.07, 6.45) is 2.04. The van der Waals surface area contributed by atoms with Crippen LogP contribution in [0.1, 0.15) is 23.6 Å². The Kier molecular flexibility index (Phi) is 4.96. The summed E-state index contributed by atoms with van der Waals surface area (Å²) >= 11 is 3.64. The fraction of sp³-hybridized carbons (Fsp3) is 0.143. The number of pyridine rings is 1. The Labute approximate surface area is 207 Å². The summed E-state index contributed by atoms with van der Waals surface area (Å²) in [5, 5.41) is 2.25. The topological polar surface area (TPSA) is 41.8 Å². The van der Waals surface area contributed by atoms with E-state index in [1.807, 2.05) is 31.2 Å². The Morgan fingerprint density at radius 3 is 2.44 bits per heavy atom. The first kappa shape index (κ1) is 21.6. The normalized spacial score (nSPS) is 16.5. The Balaban J connectivity index is 1.67. The standard InChI is InChI=1S/C28H23BrN2O2S/c1-18-7-10-23(11-8-18)34(32,33)30-14-13-19(2)27-24-16-22(29)9-12-26(24)31-25-6-4-3-5-20(25)15-21(17-30)28(27)31/h3-13,15-16H,14,17H2,1-2H3/b19-13-. The van der Waals surface area contributed by atoms with Crippen molar-refractivity contribution in [3.05, 3.63) is 100 Å². The van der Waals surface area contributed by atoms with Gasteiger partial charge in [-0.3, -0.25) is 0 Å². The lowest BCUT2D eigenvalue weighted by atomic mass is 9.99. The van der Waals surface area contributed by atoms with E-state index in [0.717, 1.165) is 48.5 Å². The molecule has 3 aromatic carbocycles. The van der Waals surface area contributed by atoms with Crippen LogP contribution >= 0.6 is 15.9 Å². The van der Waals surface area contributed by atoms with Crippen LogP contribution < -0.4 is 0 Å². The van der Waals surface area contributed by atoms with Crippen LogP contribution in [0.4, 0.5) is 0 Å². The molecular weight excluding hydrogens is 508 g/mol. The molecule has 0 spiro atoms. The number of allylic oxidation sites excluding steroid dienone is 1. The van der Waals surface area contributed by atoms with Crippen molar-refractivity contribution in [2.45, 2.75) is 25.3 Å². The van der Waals surface area contributed by atoms with Crippen LogP contribution in [0.3, 0.4) is 0 Å². The highest BCUT2D eigenvalue weighted by molar-refractivity contribution is 9.10. The van der Waals surface area contributed by atoms with Gasteiger partial charge in [-0.25, -0.2) is 8.42 Å². The van der Waals surface area contributed by atoms with Crippen molar-refractivity contribution in [2.75, 3.05) is 6.54 Å². The zero-order valence-corrected chi connectivity index (χ0v) is 21.3. The number of hydrogen-bond acceptors (Lipinski definition) is 2. The molecule has 0 bridgehead atoms. The molecule has 1 aliphatic rings. The summed E-state index contributed by atoms with van der Waals surface area (Å²) in [4.78, 5) is 0.325. The SMILES string of the molecule is C/C1=C/CN(S(=O)(=O)c2ccc(C)cc2)Cc2cc3ccccc3n3c2c1c1cc(Br)ccc13. The summed E-state index contributed by atoms with van der Waals surface area (Å²) in [7, 11) is -3.66. The maximum Gasteiger partial charge on any atom is 0.243 e. The molecule has 0 saturated carbocycles. The molecule has 5 aromatic rings. The molecule has 1 aliphatic heterocycles. The third kappa shape index (κ3) is 3.24. The van der Waals surface area contributed by atoms with E-state index in [9.17, 15) is 8.42 Å². The van der Waals surface area contributed by atoms with E-state index in [0.29, 0.717) is 18.0 Å². The Hall–Kier alpha value is -2.93. The summed E-state index contributed by atoms with van der Waals surface area (Å²) < 4.78 is 32.2. The second-order valence-electron chi connectivity index (χ2n) is 8.95. The van der Waals surface area contributed by atoms with Gasteiger partial charge in [0, 0.05) is 28.5 Å². The van der Waals surface area contributed by atoms with Crippen molar-refractivity contribution < 1.29 is 8.42 Å². The Morgan fingerprint density at radius 1 is 0.882 bits per heavy atom. The molecule has 4 nitrogen and oxygen atoms in total. The van der Waals surface area contributed by atoms with Crippen molar-refractivity contribution in [3.8, 4) is 0 Å². The molecule has 0 amide bonds. The van der Waals surface area contributed by atoms with E-state index < -0.39 is 10.0 Å². The highest BCUT2D eigenvalue weighted by atomic mass is 79.9. The average Bonchev–Trinajstić information content (AvgIpc) is 3.15. The molecule has 34 heavy (non-hydrogen) atoms. The molecular formula is C28H23BrN2O2S. The van der Waals surface area contributed by atoms with Crippen molar-refractivity contribution >= 4 is 58.8 Å². The van der Waals surface area contributed by atoms with Gasteiger partial charge in [-0.05, 0) is 72.8 Å². The van der Waals surface area contributed by atoms with Gasteiger partial charge < -0.3 is 4.40 Å². The van der Waals surface area contributed by atoms with Gasteiger partial charge in [0.05, 0.1) is 21.4 Å². The van der Waals surface area contributed by atoms with Crippen molar-refractivity contribution in [3.63, 3.8) is 0 Å². The van der Waals surface area contributed by atoms with E-state index in [1.54, 1.807) is 16.4 Å². The van der Waals surface area contributed by atoms with Gasteiger partial charge in [0.1, 0.15) is 0 Å². The van der Waals surface area contributed by atoms with E-state index in [1.165, 1.54) is 5.56 Å². The second kappa shape index (κ2) is 7.80. The van der Waals surface area contributed by atoms with Crippen LogP contribution in [0, 0.1) is 6.92 Å². The van der Waals surface area contributed by atoms with E-state index >= 15 is 0 Å². The minimum absolute atomic E-state index is 0.304. The van der Waals surface area contributed by atoms with Crippen molar-refractivity contribution in [1.82, 2.24) is 8.71 Å². The number of halogens is 1. The third-order valence-electron chi connectivity index (χ3n) is 6.74. The maximum absolute atomic E-state index is 13.7. The maximum atomic E-state index is 13.7. The highest BCUT2D eigenvalue weighted by Crippen LogP contribution is 2.40. The molecule has 2 aromatic heterocycles. The van der Waals surface area contributed by atoms with Gasteiger partial charge >= 0.3 is 0 Å². The molecule has 6 heteroatoms. The molecule has 0 aliphatic carbocycles. The number of sulfonamides is 1. The second-order valence-corrected chi connectivity index (χ2v) is 11.8. The average molecular weight is 531 g/mol. The molecule has 0 saturated heterocycles. The number of aryl methyl sites for hydroxylation is 1. The monoisotopic (exact) mass is 530 g/mol. The summed E-state index contributed by atoms with van der Waals surface area (Å²) in [5.74, 6) is 0. The lowest BCUT2D eigenvalue weighted by molar-refractivity contribution is 0.439. The minimum atomic E-state index is -3.66. The van der Waals surface area contributed by atoms with E-state index in [4.69, 9.17) is 0 Å². The summed E-state index contributed by atoms with van der Waals surface area (Å²) in [6.45, 7) is 4.66. The summed E-state index contributed by atoms with van der Waals surface area (Å²) in [5.41, 5.74) is 7.59. The minimum Gasteiger partial charge on any atom is -0.308 e. The number of aromatic nitrogens is 1. The Morgan fingerprint density at radius 2 is 1.65 bits per heavy atom. The van der Waals surface area contributed by atoms with Gasteiger partial charge in [-0.1, -0.05) is 57.9 Å². The molecule has 170 valence electrons. The first-order valence-electron chi connectivity index (χ1n) is 11.2. The van der Waals surface area contributed by atoms with Crippen LogP contribution in [-0.4, -0.2) is 23.7 Å². The van der Waals surface area contributed by atoms with Crippen LogP contribution in [0.5, 0.6) is 0 Å². The van der Waals surface area contributed by atoms with Gasteiger partial charge in [0.25, 0.3) is 0 Å². The van der Waals surface area contributed by atoms with Gasteiger partial charge in [-0.15, -0.1) is 0 Å². The number of benzene rings is 3. The van der Waals surface area contributed by atoms with E-state index in [-0.39, 0.29) is 0 Å². The Bertz CT molecular complexity index is 1750. The molecule has 0 N–H and O–H groups in total. The lowest BCUT2D eigenvalue weighted by Gasteiger charge is -2.24. The first-order chi connectivity index (χ1) is 16.3. The smallest absolute Gasteiger partial charge is 0.243 e. The molecule has 0 radical (unpaired) electrons. The first-order valence-corrected chi connectivity index (χ1v) is 13.5. The van der Waals surface area contributed by atoms with Crippen molar-refractivity contribution in [2.24, 2.45) is 0 Å².